The molecule has 5 heteroatoms. The molecule has 2 bridgehead atoms. The molecular formula is C29H23N3O2. The van der Waals surface area contributed by atoms with Gasteiger partial charge in [-0.2, -0.15) is 5.26 Å². The van der Waals surface area contributed by atoms with Crippen molar-refractivity contribution in [1.82, 2.24) is 9.47 Å². The van der Waals surface area contributed by atoms with Crippen molar-refractivity contribution in [2.45, 2.75) is 18.9 Å². The number of hydrogen-bond donors (Lipinski definition) is 0. The van der Waals surface area contributed by atoms with Gasteiger partial charge in [-0.3, -0.25) is 9.59 Å². The van der Waals surface area contributed by atoms with Gasteiger partial charge in [-0.05, 0) is 71.1 Å². The highest BCUT2D eigenvalue weighted by atomic mass is 16.2. The Labute approximate surface area is 197 Å². The van der Waals surface area contributed by atoms with E-state index in [4.69, 9.17) is 5.26 Å². The van der Waals surface area contributed by atoms with Gasteiger partial charge in [0, 0.05) is 42.4 Å². The second-order valence-corrected chi connectivity index (χ2v) is 9.35. The Morgan fingerprint density at radius 1 is 0.882 bits per heavy atom. The smallest absolute Gasteiger partial charge is 0.258 e. The molecule has 0 saturated carbocycles. The van der Waals surface area contributed by atoms with Crippen molar-refractivity contribution < 1.29 is 4.79 Å². The van der Waals surface area contributed by atoms with Gasteiger partial charge in [-0.15, -0.1) is 0 Å². The fraction of sp³-hybridized carbons (Fsp3) is 0.207. The molecule has 0 N–H and O–H groups in total. The number of nitrogens with zero attached hydrogens (tertiary/aromatic N) is 3. The predicted molar refractivity (Wildman–Crippen MR) is 132 cm³/mol. The fourth-order valence-electron chi connectivity index (χ4n) is 5.56. The van der Waals surface area contributed by atoms with E-state index in [1.54, 1.807) is 24.3 Å². The number of rotatable bonds is 2. The molecule has 2 atom stereocenters. The molecule has 2 aliphatic heterocycles. The lowest BCUT2D eigenvalue weighted by molar-refractivity contribution is 0.0594. The number of aromatic nitrogens is 1. The molecule has 166 valence electrons. The lowest BCUT2D eigenvalue weighted by Gasteiger charge is -2.43. The highest BCUT2D eigenvalue weighted by Gasteiger charge is 2.37. The number of piperidine rings is 1. The summed E-state index contributed by atoms with van der Waals surface area (Å²) in [5.74, 6) is 0.383. The molecule has 2 aliphatic rings. The summed E-state index contributed by atoms with van der Waals surface area (Å²) in [7, 11) is 0. The van der Waals surface area contributed by atoms with Gasteiger partial charge in [0.05, 0.1) is 11.6 Å². The monoisotopic (exact) mass is 445 g/mol. The van der Waals surface area contributed by atoms with Crippen molar-refractivity contribution in [1.29, 1.82) is 5.26 Å². The quantitative estimate of drug-likeness (QED) is 0.445. The van der Waals surface area contributed by atoms with Gasteiger partial charge in [0.1, 0.15) is 0 Å². The molecule has 4 aromatic rings. The summed E-state index contributed by atoms with van der Waals surface area (Å²) >= 11 is 0. The zero-order valence-electron chi connectivity index (χ0n) is 18.6. The normalized spacial score (nSPS) is 18.9. The maximum absolute atomic E-state index is 13.5. The third-order valence-electron chi connectivity index (χ3n) is 7.21. The highest BCUT2D eigenvalue weighted by Crippen LogP contribution is 2.36. The summed E-state index contributed by atoms with van der Waals surface area (Å²) in [6.07, 6.45) is 0.992. The zero-order valence-corrected chi connectivity index (χ0v) is 18.6. The predicted octanol–water partition coefficient (Wildman–Crippen LogP) is 4.80. The molecular weight excluding hydrogens is 422 g/mol. The minimum Gasteiger partial charge on any atom is -0.338 e. The molecule has 3 aromatic carbocycles. The van der Waals surface area contributed by atoms with Crippen LogP contribution in [-0.2, 0) is 6.54 Å². The van der Waals surface area contributed by atoms with Gasteiger partial charge in [0.15, 0.2) is 0 Å². The molecule has 0 aliphatic carbocycles. The van der Waals surface area contributed by atoms with Gasteiger partial charge in [0.25, 0.3) is 11.5 Å². The van der Waals surface area contributed by atoms with E-state index >= 15 is 0 Å². The van der Waals surface area contributed by atoms with Crippen LogP contribution < -0.4 is 5.56 Å². The van der Waals surface area contributed by atoms with E-state index < -0.39 is 0 Å². The molecule has 1 fully saturated rings. The Hall–Kier alpha value is -4.17. The molecule has 6 rings (SSSR count). The molecule has 1 aromatic heterocycles. The van der Waals surface area contributed by atoms with Crippen molar-refractivity contribution in [3.8, 4) is 17.2 Å². The molecule has 34 heavy (non-hydrogen) atoms. The van der Waals surface area contributed by atoms with Gasteiger partial charge < -0.3 is 9.47 Å². The molecule has 1 amide bonds. The van der Waals surface area contributed by atoms with Crippen LogP contribution in [0.5, 0.6) is 0 Å². The Bertz CT molecular complexity index is 1530. The third-order valence-corrected chi connectivity index (χ3v) is 7.21. The SMILES string of the molecule is N#Cc1ccc(C(=O)N2CC3CC(C2)c2ccc(-c4ccc5ccccc5c4)c(=O)n2C3)cc1. The number of nitriles is 1. The van der Waals surface area contributed by atoms with Crippen LogP contribution in [0.15, 0.2) is 83.7 Å². The average molecular weight is 446 g/mol. The first-order chi connectivity index (χ1) is 16.6. The summed E-state index contributed by atoms with van der Waals surface area (Å²) in [5, 5.41) is 11.3. The van der Waals surface area contributed by atoms with Crippen LogP contribution in [0, 0.1) is 17.2 Å². The number of carbonyl (C=O) groups is 1. The van der Waals surface area contributed by atoms with Crippen molar-refractivity contribution >= 4 is 16.7 Å². The second kappa shape index (κ2) is 8.00. The maximum Gasteiger partial charge on any atom is 0.258 e. The molecule has 5 nitrogen and oxygen atoms in total. The average Bonchev–Trinajstić information content (AvgIpc) is 2.88. The van der Waals surface area contributed by atoms with Crippen LogP contribution in [0.25, 0.3) is 21.9 Å². The van der Waals surface area contributed by atoms with E-state index in [-0.39, 0.29) is 23.3 Å². The van der Waals surface area contributed by atoms with E-state index in [1.807, 2.05) is 33.7 Å². The molecule has 0 radical (unpaired) electrons. The summed E-state index contributed by atoms with van der Waals surface area (Å²) in [6, 6.07) is 27.3. The Kier molecular flexibility index (Phi) is 4.81. The number of hydrogen-bond acceptors (Lipinski definition) is 3. The summed E-state index contributed by atoms with van der Waals surface area (Å²) < 4.78 is 1.94. The number of fused-ring (bicyclic) bond motifs is 5. The van der Waals surface area contributed by atoms with Gasteiger partial charge >= 0.3 is 0 Å². The van der Waals surface area contributed by atoms with Crippen LogP contribution >= 0.6 is 0 Å². The third kappa shape index (κ3) is 3.39. The fourth-order valence-corrected chi connectivity index (χ4v) is 5.56. The lowest BCUT2D eigenvalue weighted by Crippen LogP contribution is -2.49. The molecule has 3 heterocycles. The summed E-state index contributed by atoms with van der Waals surface area (Å²) in [4.78, 5) is 28.6. The molecule has 1 saturated heterocycles. The van der Waals surface area contributed by atoms with E-state index in [0.29, 0.717) is 30.8 Å². The van der Waals surface area contributed by atoms with E-state index in [1.165, 1.54) is 0 Å². The summed E-state index contributed by atoms with van der Waals surface area (Å²) in [5.41, 5.74) is 3.87. The first kappa shape index (κ1) is 20.4. The topological polar surface area (TPSA) is 66.1 Å². The Morgan fingerprint density at radius 2 is 1.68 bits per heavy atom. The minimum absolute atomic E-state index is 0.0113. The standard InChI is InChI=1S/C29H23N3O2/c30-15-19-5-7-22(8-6-19)28(33)31-16-20-13-25(18-31)27-12-11-26(29(34)32(27)17-20)24-10-9-21-3-1-2-4-23(21)14-24/h1-12,14,20,25H,13,16-18H2. The highest BCUT2D eigenvalue weighted by molar-refractivity contribution is 5.94. The van der Waals surface area contributed by atoms with Crippen molar-refractivity contribution in [3.05, 3.63) is 106 Å². The van der Waals surface area contributed by atoms with E-state index in [2.05, 4.69) is 36.4 Å². The zero-order chi connectivity index (χ0) is 23.2. The number of carbonyl (C=O) groups excluding carboxylic acids is 1. The van der Waals surface area contributed by atoms with Crippen molar-refractivity contribution in [2.24, 2.45) is 5.92 Å². The Morgan fingerprint density at radius 3 is 2.47 bits per heavy atom. The Balaban J connectivity index is 1.31. The van der Waals surface area contributed by atoms with Crippen LogP contribution in [0.4, 0.5) is 0 Å². The van der Waals surface area contributed by atoms with Crippen molar-refractivity contribution in [2.75, 3.05) is 13.1 Å². The first-order valence-electron chi connectivity index (χ1n) is 11.6. The van der Waals surface area contributed by atoms with Gasteiger partial charge in [0.2, 0.25) is 0 Å². The van der Waals surface area contributed by atoms with E-state index in [0.717, 1.165) is 34.0 Å². The maximum atomic E-state index is 13.5. The van der Waals surface area contributed by atoms with E-state index in [9.17, 15) is 9.59 Å². The van der Waals surface area contributed by atoms with Crippen LogP contribution in [0.3, 0.4) is 0 Å². The number of amides is 1. The summed E-state index contributed by atoms with van der Waals surface area (Å²) in [6.45, 7) is 1.87. The van der Waals surface area contributed by atoms with Crippen LogP contribution in [-0.4, -0.2) is 28.5 Å². The largest absolute Gasteiger partial charge is 0.338 e. The van der Waals surface area contributed by atoms with Crippen molar-refractivity contribution in [3.63, 3.8) is 0 Å². The molecule has 0 spiro atoms. The number of pyridine rings is 1. The van der Waals surface area contributed by atoms with Gasteiger partial charge in [-0.25, -0.2) is 0 Å². The van der Waals surface area contributed by atoms with Crippen LogP contribution in [0.1, 0.15) is 34.0 Å². The number of benzene rings is 3. The van der Waals surface area contributed by atoms with Gasteiger partial charge in [-0.1, -0.05) is 36.4 Å². The van der Waals surface area contributed by atoms with Crippen LogP contribution in [0.2, 0.25) is 0 Å². The minimum atomic E-state index is -0.0113. The first-order valence-corrected chi connectivity index (χ1v) is 11.6. The number of likely N-dealkylation sites (tertiary alicyclic amines) is 1. The molecule has 2 unspecified atom stereocenters. The second-order valence-electron chi connectivity index (χ2n) is 9.35. The lowest BCUT2D eigenvalue weighted by atomic mass is 9.82.